The fourth-order valence-electron chi connectivity index (χ4n) is 2.72. The fraction of sp³-hybridized carbons (Fsp3) is 0.647. The van der Waals surface area contributed by atoms with Crippen molar-refractivity contribution in [2.24, 2.45) is 0 Å². The Morgan fingerprint density at radius 3 is 2.11 bits per heavy atom. The maximum Gasteiger partial charge on any atom is 0.137 e. The molecule has 3 rings (SSSR count). The minimum absolute atomic E-state index is 0.333. The summed E-state index contributed by atoms with van der Waals surface area (Å²) in [5, 5.41) is 10.1. The van der Waals surface area contributed by atoms with Crippen molar-refractivity contribution in [3.63, 3.8) is 0 Å². The standard InChI is InChI=1S/C17H26O2/c1-2-3-4-5-6-7-8-9-11-14(18)17-15-12-10-13-16(17)19-15/h10,12-14,18H,2-9,11H2,1H3. The number of aliphatic hydroxyl groups is 1. The van der Waals surface area contributed by atoms with Crippen molar-refractivity contribution in [1.29, 1.82) is 0 Å². The van der Waals surface area contributed by atoms with E-state index in [4.69, 9.17) is 4.74 Å². The number of benzene rings is 1. The number of aliphatic hydroxyl groups excluding tert-OH is 1. The predicted octanol–water partition coefficient (Wildman–Crippen LogP) is 5.36. The summed E-state index contributed by atoms with van der Waals surface area (Å²) in [5.41, 5.74) is 1.02. The lowest BCUT2D eigenvalue weighted by Gasteiger charge is -2.26. The van der Waals surface area contributed by atoms with Crippen LogP contribution < -0.4 is 4.74 Å². The Bertz CT molecular complexity index is 367. The topological polar surface area (TPSA) is 29.5 Å². The molecule has 2 heterocycles. The Kier molecular flexibility index (Phi) is 5.71. The minimum atomic E-state index is -0.333. The second kappa shape index (κ2) is 7.54. The normalized spacial score (nSPS) is 13.8. The van der Waals surface area contributed by atoms with Gasteiger partial charge in [-0.15, -0.1) is 0 Å². The molecule has 1 aromatic rings. The quantitative estimate of drug-likeness (QED) is 0.584. The Morgan fingerprint density at radius 2 is 1.53 bits per heavy atom. The summed E-state index contributed by atoms with van der Waals surface area (Å²) in [7, 11) is 0. The molecule has 1 atom stereocenters. The smallest absolute Gasteiger partial charge is 0.137 e. The van der Waals surface area contributed by atoms with E-state index < -0.39 is 0 Å². The monoisotopic (exact) mass is 262 g/mol. The number of hydrogen-bond donors (Lipinski definition) is 1. The highest BCUT2D eigenvalue weighted by atomic mass is 16.5. The van der Waals surface area contributed by atoms with Crippen LogP contribution in [0, 0.1) is 0 Å². The zero-order chi connectivity index (χ0) is 13.5. The molecule has 19 heavy (non-hydrogen) atoms. The average Bonchev–Trinajstić information content (AvgIpc) is 2.42. The van der Waals surface area contributed by atoms with Crippen molar-refractivity contribution >= 4 is 0 Å². The molecule has 0 saturated heterocycles. The van der Waals surface area contributed by atoms with Crippen molar-refractivity contribution < 1.29 is 9.84 Å². The summed E-state index contributed by atoms with van der Waals surface area (Å²) in [6.45, 7) is 2.25. The van der Waals surface area contributed by atoms with Gasteiger partial charge in [0.05, 0.1) is 11.7 Å². The highest BCUT2D eigenvalue weighted by molar-refractivity contribution is 5.56. The van der Waals surface area contributed by atoms with E-state index in [0.717, 1.165) is 29.9 Å². The van der Waals surface area contributed by atoms with E-state index in [1.807, 2.05) is 18.2 Å². The highest BCUT2D eigenvalue weighted by Gasteiger charge is 2.26. The molecule has 1 N–H and O–H groups in total. The van der Waals surface area contributed by atoms with Crippen LogP contribution in [0.1, 0.15) is 76.4 Å². The van der Waals surface area contributed by atoms with E-state index in [1.54, 1.807) is 0 Å². The van der Waals surface area contributed by atoms with E-state index in [2.05, 4.69) is 6.92 Å². The number of unbranched alkanes of at least 4 members (excludes halogenated alkanes) is 7. The third kappa shape index (κ3) is 3.97. The van der Waals surface area contributed by atoms with E-state index in [0.29, 0.717) is 0 Å². The van der Waals surface area contributed by atoms with Gasteiger partial charge in [0.25, 0.3) is 0 Å². The molecule has 2 aliphatic rings. The third-order valence-corrected chi connectivity index (χ3v) is 3.91. The molecule has 1 aromatic carbocycles. The molecular weight excluding hydrogens is 236 g/mol. The van der Waals surface area contributed by atoms with Gasteiger partial charge in [0, 0.05) is 0 Å². The lowest BCUT2D eigenvalue weighted by Crippen LogP contribution is -2.09. The molecular formula is C17H26O2. The second-order valence-electron chi connectivity index (χ2n) is 5.55. The molecule has 106 valence electrons. The number of fused-ring (bicyclic) bond motifs is 2. The SMILES string of the molecule is CCCCCCCCCCC(O)c1c2cccc1O2. The molecule has 0 radical (unpaired) electrons. The van der Waals surface area contributed by atoms with Crippen molar-refractivity contribution in [2.75, 3.05) is 0 Å². The average molecular weight is 262 g/mol. The highest BCUT2D eigenvalue weighted by Crippen LogP contribution is 2.46. The van der Waals surface area contributed by atoms with Crippen molar-refractivity contribution in [2.45, 2.75) is 70.8 Å². The first-order chi connectivity index (χ1) is 9.33. The summed E-state index contributed by atoms with van der Waals surface area (Å²) < 4.78 is 5.39. The van der Waals surface area contributed by atoms with Gasteiger partial charge < -0.3 is 9.84 Å². The van der Waals surface area contributed by atoms with E-state index >= 15 is 0 Å². The van der Waals surface area contributed by atoms with Crippen LogP contribution in [0.4, 0.5) is 0 Å². The third-order valence-electron chi connectivity index (χ3n) is 3.91. The molecule has 2 aliphatic heterocycles. The molecule has 0 aromatic heterocycles. The zero-order valence-corrected chi connectivity index (χ0v) is 12.0. The van der Waals surface area contributed by atoms with Gasteiger partial charge in [-0.3, -0.25) is 0 Å². The first-order valence-corrected chi connectivity index (χ1v) is 7.81. The summed E-state index contributed by atoms with van der Waals surface area (Å²) in [5.74, 6) is 1.73. The molecule has 0 aliphatic carbocycles. The van der Waals surface area contributed by atoms with Crippen LogP contribution in [0.15, 0.2) is 18.2 Å². The fourth-order valence-corrected chi connectivity index (χ4v) is 2.72. The molecule has 0 fully saturated rings. The van der Waals surface area contributed by atoms with Crippen LogP contribution in [0.2, 0.25) is 0 Å². The molecule has 2 bridgehead atoms. The number of rotatable bonds is 10. The van der Waals surface area contributed by atoms with Gasteiger partial charge in [0.1, 0.15) is 11.5 Å². The van der Waals surface area contributed by atoms with Crippen LogP contribution in [0.25, 0.3) is 0 Å². The van der Waals surface area contributed by atoms with Crippen molar-refractivity contribution in [3.8, 4) is 11.5 Å². The predicted molar refractivity (Wildman–Crippen MR) is 78.7 cm³/mol. The van der Waals surface area contributed by atoms with Gasteiger partial charge in [0.2, 0.25) is 0 Å². The van der Waals surface area contributed by atoms with Gasteiger partial charge in [-0.25, -0.2) is 0 Å². The Morgan fingerprint density at radius 1 is 0.947 bits per heavy atom. The maximum atomic E-state index is 10.1. The Hall–Kier alpha value is -1.02. The first kappa shape index (κ1) is 14.4. The van der Waals surface area contributed by atoms with E-state index in [1.165, 1.54) is 44.9 Å². The van der Waals surface area contributed by atoms with Crippen LogP contribution in [-0.2, 0) is 0 Å². The van der Waals surface area contributed by atoms with Gasteiger partial charge >= 0.3 is 0 Å². The van der Waals surface area contributed by atoms with Crippen LogP contribution in [0.5, 0.6) is 11.5 Å². The van der Waals surface area contributed by atoms with Gasteiger partial charge in [-0.1, -0.05) is 64.4 Å². The van der Waals surface area contributed by atoms with E-state index in [-0.39, 0.29) is 6.10 Å². The molecule has 1 unspecified atom stereocenters. The van der Waals surface area contributed by atoms with Gasteiger partial charge in [-0.2, -0.15) is 0 Å². The van der Waals surface area contributed by atoms with Crippen LogP contribution >= 0.6 is 0 Å². The Balaban J connectivity index is 1.54. The lowest BCUT2D eigenvalue weighted by molar-refractivity contribution is 0.148. The second-order valence-corrected chi connectivity index (χ2v) is 5.55. The minimum Gasteiger partial charge on any atom is -0.456 e. The first-order valence-electron chi connectivity index (χ1n) is 7.81. The maximum absolute atomic E-state index is 10.1. The number of hydrogen-bond acceptors (Lipinski definition) is 2. The number of ether oxygens (including phenoxy) is 1. The Labute approximate surface area is 116 Å². The van der Waals surface area contributed by atoms with Gasteiger partial charge in [-0.05, 0) is 18.6 Å². The van der Waals surface area contributed by atoms with E-state index in [9.17, 15) is 5.11 Å². The molecule has 2 nitrogen and oxygen atoms in total. The summed E-state index contributed by atoms with van der Waals surface area (Å²) in [6.07, 6.45) is 11.0. The molecule has 0 spiro atoms. The van der Waals surface area contributed by atoms with Crippen molar-refractivity contribution in [1.82, 2.24) is 0 Å². The molecule has 2 heteroatoms. The molecule has 0 saturated carbocycles. The van der Waals surface area contributed by atoms with Crippen LogP contribution in [-0.4, -0.2) is 5.11 Å². The summed E-state index contributed by atoms with van der Waals surface area (Å²) in [4.78, 5) is 0. The van der Waals surface area contributed by atoms with Crippen LogP contribution in [0.3, 0.4) is 0 Å². The lowest BCUT2D eigenvalue weighted by atomic mass is 9.97. The summed E-state index contributed by atoms with van der Waals surface area (Å²) >= 11 is 0. The largest absolute Gasteiger partial charge is 0.456 e. The van der Waals surface area contributed by atoms with Gasteiger partial charge in [0.15, 0.2) is 0 Å². The zero-order valence-electron chi connectivity index (χ0n) is 12.0. The molecule has 0 amide bonds. The summed E-state index contributed by atoms with van der Waals surface area (Å²) in [6, 6.07) is 5.83. The van der Waals surface area contributed by atoms with Crippen molar-refractivity contribution in [3.05, 3.63) is 23.8 Å².